The fraction of sp³-hybridized carbons (Fsp3) is 0.562. The lowest BCUT2D eigenvalue weighted by Gasteiger charge is -2.30. The number of hydrogen-bond acceptors (Lipinski definition) is 1. The Hall–Kier alpha value is -0.730. The highest BCUT2D eigenvalue weighted by molar-refractivity contribution is 6.31. The molecule has 1 aliphatic carbocycles. The molecule has 1 N–H and O–H groups in total. The highest BCUT2D eigenvalue weighted by Crippen LogP contribution is 2.30. The number of hydrogen-bond donors (Lipinski definition) is 1. The predicted octanol–water partition coefficient (Wildman–Crippen LogP) is 4.42. The topological polar surface area (TPSA) is 29.1 Å². The molecule has 1 saturated carbocycles. The van der Waals surface area contributed by atoms with E-state index in [-0.39, 0.29) is 5.91 Å². The van der Waals surface area contributed by atoms with Crippen molar-refractivity contribution >= 4 is 29.1 Å². The summed E-state index contributed by atoms with van der Waals surface area (Å²) in [6.45, 7) is 2.64. The van der Waals surface area contributed by atoms with Gasteiger partial charge in [0.1, 0.15) is 0 Å². The van der Waals surface area contributed by atoms with Crippen LogP contribution in [0.1, 0.15) is 41.6 Å². The Morgan fingerprint density at radius 3 is 2.65 bits per heavy atom. The molecule has 1 aromatic carbocycles. The van der Waals surface area contributed by atoms with E-state index in [0.717, 1.165) is 12.0 Å². The first-order chi connectivity index (χ1) is 9.61. The number of amides is 1. The summed E-state index contributed by atoms with van der Waals surface area (Å²) in [6, 6.07) is 5.42. The lowest BCUT2D eigenvalue weighted by molar-refractivity contribution is 0.0936. The molecule has 2 atom stereocenters. The number of aryl methyl sites for hydroxylation is 1. The number of carbonyl (C=O) groups is 1. The van der Waals surface area contributed by atoms with E-state index in [1.807, 2.05) is 19.1 Å². The van der Waals surface area contributed by atoms with Gasteiger partial charge in [-0.05, 0) is 49.3 Å². The first-order valence-electron chi connectivity index (χ1n) is 7.22. The number of rotatable bonds is 4. The van der Waals surface area contributed by atoms with Gasteiger partial charge in [-0.3, -0.25) is 4.79 Å². The van der Waals surface area contributed by atoms with Crippen LogP contribution in [0.5, 0.6) is 0 Å². The third-order valence-corrected chi connectivity index (χ3v) is 5.03. The molecule has 1 fully saturated rings. The Labute approximate surface area is 130 Å². The van der Waals surface area contributed by atoms with Crippen LogP contribution in [-0.2, 0) is 0 Å². The molecule has 1 aromatic rings. The molecule has 110 valence electrons. The Morgan fingerprint density at radius 1 is 1.30 bits per heavy atom. The van der Waals surface area contributed by atoms with Crippen LogP contribution in [0.15, 0.2) is 18.2 Å². The van der Waals surface area contributed by atoms with Gasteiger partial charge < -0.3 is 5.32 Å². The van der Waals surface area contributed by atoms with Crippen molar-refractivity contribution in [3.63, 3.8) is 0 Å². The zero-order valence-corrected chi connectivity index (χ0v) is 13.3. The largest absolute Gasteiger partial charge is 0.352 e. The van der Waals surface area contributed by atoms with Crippen molar-refractivity contribution in [3.8, 4) is 0 Å². The third-order valence-electron chi connectivity index (χ3n) is 4.22. The molecule has 0 heterocycles. The summed E-state index contributed by atoms with van der Waals surface area (Å²) in [5.74, 6) is 1.68. The van der Waals surface area contributed by atoms with Crippen molar-refractivity contribution < 1.29 is 4.79 Å². The Morgan fingerprint density at radius 2 is 2.00 bits per heavy atom. The van der Waals surface area contributed by atoms with E-state index in [1.165, 1.54) is 19.3 Å². The van der Waals surface area contributed by atoms with Crippen molar-refractivity contribution in [2.45, 2.75) is 32.6 Å². The molecule has 0 radical (unpaired) electrons. The minimum atomic E-state index is -0.0502. The van der Waals surface area contributed by atoms with Crippen LogP contribution in [0.3, 0.4) is 0 Å². The minimum absolute atomic E-state index is 0.0502. The molecule has 0 bridgehead atoms. The van der Waals surface area contributed by atoms with Gasteiger partial charge in [0.05, 0.1) is 0 Å². The first-order valence-corrected chi connectivity index (χ1v) is 8.13. The number of nitrogens with one attached hydrogen (secondary N) is 1. The highest BCUT2D eigenvalue weighted by Gasteiger charge is 2.24. The van der Waals surface area contributed by atoms with Gasteiger partial charge in [0, 0.05) is 23.0 Å². The van der Waals surface area contributed by atoms with E-state index < -0.39 is 0 Å². The predicted molar refractivity (Wildman–Crippen MR) is 84.7 cm³/mol. The molecule has 0 aromatic heterocycles. The first kappa shape index (κ1) is 15.7. The van der Waals surface area contributed by atoms with E-state index in [1.54, 1.807) is 6.07 Å². The fourth-order valence-electron chi connectivity index (χ4n) is 2.82. The van der Waals surface area contributed by atoms with Gasteiger partial charge in [-0.1, -0.05) is 30.5 Å². The average molecular weight is 314 g/mol. The number of halogens is 2. The van der Waals surface area contributed by atoms with Crippen LogP contribution in [0.4, 0.5) is 0 Å². The third kappa shape index (κ3) is 3.89. The summed E-state index contributed by atoms with van der Waals surface area (Å²) in [5.41, 5.74) is 1.61. The Balaban J connectivity index is 1.92. The Bertz CT molecular complexity index is 476. The second kappa shape index (κ2) is 7.33. The summed E-state index contributed by atoms with van der Waals surface area (Å²) in [4.78, 5) is 12.1. The maximum atomic E-state index is 12.1. The maximum Gasteiger partial charge on any atom is 0.251 e. The lowest BCUT2D eigenvalue weighted by Crippen LogP contribution is -2.34. The molecule has 20 heavy (non-hydrogen) atoms. The van der Waals surface area contributed by atoms with Crippen LogP contribution in [0.25, 0.3) is 0 Å². The van der Waals surface area contributed by atoms with E-state index in [2.05, 4.69) is 5.32 Å². The zero-order valence-electron chi connectivity index (χ0n) is 11.8. The van der Waals surface area contributed by atoms with Crippen molar-refractivity contribution in [2.75, 3.05) is 12.4 Å². The molecule has 4 heteroatoms. The van der Waals surface area contributed by atoms with Crippen molar-refractivity contribution in [3.05, 3.63) is 34.3 Å². The van der Waals surface area contributed by atoms with Gasteiger partial charge in [0.15, 0.2) is 0 Å². The zero-order chi connectivity index (χ0) is 14.5. The van der Waals surface area contributed by atoms with Gasteiger partial charge in [0.2, 0.25) is 0 Å². The fourth-order valence-corrected chi connectivity index (χ4v) is 3.40. The smallest absolute Gasteiger partial charge is 0.251 e. The average Bonchev–Trinajstić information content (AvgIpc) is 2.47. The SMILES string of the molecule is Cc1ccc(C(=O)NCC2CCCCC2CCl)cc1Cl. The van der Waals surface area contributed by atoms with Gasteiger partial charge in [-0.2, -0.15) is 0 Å². The second-order valence-corrected chi connectivity index (χ2v) is 6.35. The van der Waals surface area contributed by atoms with Gasteiger partial charge in [-0.15, -0.1) is 11.6 Å². The molecular formula is C16H21Cl2NO. The van der Waals surface area contributed by atoms with Crippen molar-refractivity contribution in [2.24, 2.45) is 11.8 Å². The molecule has 0 spiro atoms. The number of alkyl halides is 1. The molecule has 0 saturated heterocycles. The van der Waals surface area contributed by atoms with Crippen molar-refractivity contribution in [1.82, 2.24) is 5.32 Å². The molecule has 1 amide bonds. The molecule has 2 rings (SSSR count). The monoisotopic (exact) mass is 313 g/mol. The quantitative estimate of drug-likeness (QED) is 0.819. The maximum absolute atomic E-state index is 12.1. The van der Waals surface area contributed by atoms with Crippen LogP contribution in [-0.4, -0.2) is 18.3 Å². The highest BCUT2D eigenvalue weighted by atomic mass is 35.5. The molecule has 1 aliphatic rings. The van der Waals surface area contributed by atoms with Gasteiger partial charge in [-0.25, -0.2) is 0 Å². The normalized spacial score (nSPS) is 22.6. The van der Waals surface area contributed by atoms with E-state index in [0.29, 0.717) is 34.8 Å². The van der Waals surface area contributed by atoms with Crippen LogP contribution in [0, 0.1) is 18.8 Å². The summed E-state index contributed by atoms with van der Waals surface area (Å²) in [5, 5.41) is 3.66. The van der Waals surface area contributed by atoms with E-state index in [9.17, 15) is 4.79 Å². The molecular weight excluding hydrogens is 293 g/mol. The van der Waals surface area contributed by atoms with Gasteiger partial charge in [0.25, 0.3) is 5.91 Å². The summed E-state index contributed by atoms with van der Waals surface area (Å²) in [7, 11) is 0. The molecule has 2 unspecified atom stereocenters. The van der Waals surface area contributed by atoms with Crippen LogP contribution >= 0.6 is 23.2 Å². The molecule has 0 aliphatic heterocycles. The van der Waals surface area contributed by atoms with Crippen LogP contribution in [0.2, 0.25) is 5.02 Å². The Kier molecular flexibility index (Phi) is 5.74. The minimum Gasteiger partial charge on any atom is -0.352 e. The molecule has 2 nitrogen and oxygen atoms in total. The summed E-state index contributed by atoms with van der Waals surface area (Å²) >= 11 is 12.1. The standard InChI is InChI=1S/C16H21Cl2NO/c1-11-6-7-12(8-15(11)18)16(20)19-10-14-5-3-2-4-13(14)9-17/h6-8,13-14H,2-5,9-10H2,1H3,(H,19,20). The van der Waals surface area contributed by atoms with E-state index in [4.69, 9.17) is 23.2 Å². The summed E-state index contributed by atoms with van der Waals surface area (Å²) < 4.78 is 0. The lowest BCUT2D eigenvalue weighted by atomic mass is 9.80. The number of benzene rings is 1. The van der Waals surface area contributed by atoms with E-state index >= 15 is 0 Å². The number of carbonyl (C=O) groups excluding carboxylic acids is 1. The van der Waals surface area contributed by atoms with Crippen LogP contribution < -0.4 is 5.32 Å². The second-order valence-electron chi connectivity index (χ2n) is 5.63. The van der Waals surface area contributed by atoms with Gasteiger partial charge >= 0.3 is 0 Å². The summed E-state index contributed by atoms with van der Waals surface area (Å²) in [6.07, 6.45) is 4.84. The van der Waals surface area contributed by atoms with Crippen molar-refractivity contribution in [1.29, 1.82) is 0 Å².